The number of unbranched alkanes of at least 4 members (excludes halogenated alkanes) is 1. The Hall–Kier alpha value is -4.29. The molecule has 0 saturated heterocycles. The predicted molar refractivity (Wildman–Crippen MR) is 154 cm³/mol. The van der Waals surface area contributed by atoms with Crippen molar-refractivity contribution in [2.75, 3.05) is 13.2 Å². The molecular formula is C33H34N2O4. The monoisotopic (exact) mass is 522 g/mol. The summed E-state index contributed by atoms with van der Waals surface area (Å²) in [4.78, 5) is 21.7. The van der Waals surface area contributed by atoms with Crippen molar-refractivity contribution in [3.8, 4) is 5.75 Å². The summed E-state index contributed by atoms with van der Waals surface area (Å²) < 4.78 is 11.5. The summed E-state index contributed by atoms with van der Waals surface area (Å²) in [5.41, 5.74) is 5.23. The molecule has 200 valence electrons. The van der Waals surface area contributed by atoms with Crippen LogP contribution >= 0.6 is 0 Å². The number of aliphatic hydroxyl groups excluding tert-OH is 1. The summed E-state index contributed by atoms with van der Waals surface area (Å²) in [5.74, 6) is 0.216. The average molecular weight is 523 g/mol. The average Bonchev–Trinajstić information content (AvgIpc) is 2.99. The third-order valence-electron chi connectivity index (χ3n) is 6.43. The second kappa shape index (κ2) is 14.0. The molecule has 0 fully saturated rings. The van der Waals surface area contributed by atoms with Crippen LogP contribution in [-0.4, -0.2) is 34.3 Å². The number of para-hydroxylation sites is 1. The third kappa shape index (κ3) is 7.62. The van der Waals surface area contributed by atoms with Gasteiger partial charge < -0.3 is 14.6 Å². The van der Waals surface area contributed by atoms with Crippen molar-refractivity contribution >= 4 is 22.4 Å². The Labute approximate surface area is 229 Å². The second-order valence-corrected chi connectivity index (χ2v) is 9.25. The molecule has 0 radical (unpaired) electrons. The maximum Gasteiger partial charge on any atom is 0.338 e. The zero-order valence-electron chi connectivity index (χ0n) is 22.3. The lowest BCUT2D eigenvalue weighted by molar-refractivity contribution is 0.0303. The number of carbonyl (C=O) groups is 1. The van der Waals surface area contributed by atoms with Crippen LogP contribution in [0.4, 0.5) is 0 Å². The minimum absolute atomic E-state index is 0.0625. The maximum atomic E-state index is 13.0. The molecule has 6 heteroatoms. The van der Waals surface area contributed by atoms with Crippen LogP contribution in [-0.2, 0) is 4.74 Å². The lowest BCUT2D eigenvalue weighted by atomic mass is 9.93. The largest absolute Gasteiger partial charge is 0.491 e. The molecule has 0 saturated carbocycles. The smallest absolute Gasteiger partial charge is 0.338 e. The Kier molecular flexibility index (Phi) is 9.98. The number of aliphatic hydroxyl groups is 1. The molecule has 0 aliphatic carbocycles. The number of esters is 1. The molecule has 0 spiro atoms. The number of rotatable bonds is 13. The van der Waals surface area contributed by atoms with Gasteiger partial charge in [-0.15, -0.1) is 0 Å². The zero-order valence-corrected chi connectivity index (χ0v) is 22.3. The Morgan fingerprint density at radius 2 is 1.82 bits per heavy atom. The fourth-order valence-corrected chi connectivity index (χ4v) is 4.31. The van der Waals surface area contributed by atoms with E-state index in [0.29, 0.717) is 17.7 Å². The van der Waals surface area contributed by atoms with E-state index in [2.05, 4.69) is 41.7 Å². The number of benzene rings is 2. The quantitative estimate of drug-likeness (QED) is 0.149. The number of allylic oxidation sites excluding steroid dienone is 2. The van der Waals surface area contributed by atoms with Crippen molar-refractivity contribution in [1.29, 1.82) is 0 Å². The van der Waals surface area contributed by atoms with E-state index >= 15 is 0 Å². The summed E-state index contributed by atoms with van der Waals surface area (Å²) >= 11 is 0. The van der Waals surface area contributed by atoms with Crippen LogP contribution in [0.3, 0.4) is 0 Å². The number of carbonyl (C=O) groups excluding carboxylic acids is 1. The van der Waals surface area contributed by atoms with E-state index in [-0.39, 0.29) is 13.2 Å². The summed E-state index contributed by atoms with van der Waals surface area (Å²) in [7, 11) is 0. The molecule has 2 aromatic heterocycles. The molecule has 4 rings (SSSR count). The van der Waals surface area contributed by atoms with Gasteiger partial charge in [-0.25, -0.2) is 4.79 Å². The van der Waals surface area contributed by atoms with E-state index in [1.54, 1.807) is 24.5 Å². The molecule has 2 heterocycles. The Bertz CT molecular complexity index is 1410. The van der Waals surface area contributed by atoms with Crippen molar-refractivity contribution in [2.45, 2.75) is 38.7 Å². The lowest BCUT2D eigenvalue weighted by Gasteiger charge is -2.19. The zero-order chi connectivity index (χ0) is 27.5. The van der Waals surface area contributed by atoms with Gasteiger partial charge in [-0.1, -0.05) is 56.3 Å². The van der Waals surface area contributed by atoms with Crippen molar-refractivity contribution < 1.29 is 19.4 Å². The SMILES string of the molecule is C=C(CCCC)/C(=C/C[C@@H](OC(=O)c1ccncc1)c1ccc(OCCO)cc1)c1cnc2ccccc2c1. The first-order valence-electron chi connectivity index (χ1n) is 13.3. The van der Waals surface area contributed by atoms with Gasteiger partial charge >= 0.3 is 5.97 Å². The number of hydrogen-bond donors (Lipinski definition) is 1. The fraction of sp³-hybridized carbons (Fsp3) is 0.242. The van der Waals surface area contributed by atoms with Crippen molar-refractivity contribution in [3.63, 3.8) is 0 Å². The molecule has 0 aliphatic heterocycles. The number of fused-ring (bicyclic) bond motifs is 1. The molecule has 2 aromatic carbocycles. The van der Waals surface area contributed by atoms with E-state index in [1.165, 1.54) is 0 Å². The normalized spacial score (nSPS) is 12.2. The Morgan fingerprint density at radius 1 is 1.05 bits per heavy atom. The van der Waals surface area contributed by atoms with Gasteiger partial charge in [0.1, 0.15) is 18.5 Å². The number of hydrogen-bond acceptors (Lipinski definition) is 6. The number of nitrogens with zero attached hydrogens (tertiary/aromatic N) is 2. The second-order valence-electron chi connectivity index (χ2n) is 9.25. The highest BCUT2D eigenvalue weighted by molar-refractivity contribution is 5.89. The molecule has 0 amide bonds. The fourth-order valence-electron chi connectivity index (χ4n) is 4.31. The lowest BCUT2D eigenvalue weighted by Crippen LogP contribution is -2.12. The number of aromatic nitrogens is 2. The summed E-state index contributed by atoms with van der Waals surface area (Å²) in [6, 6.07) is 20.8. The highest BCUT2D eigenvalue weighted by atomic mass is 16.5. The Morgan fingerprint density at radius 3 is 2.56 bits per heavy atom. The van der Waals surface area contributed by atoms with Gasteiger partial charge in [0.25, 0.3) is 0 Å². The van der Waals surface area contributed by atoms with Gasteiger partial charge in [0, 0.05) is 36.0 Å². The van der Waals surface area contributed by atoms with Crippen LogP contribution < -0.4 is 4.74 Å². The van der Waals surface area contributed by atoms with Crippen LogP contribution in [0.15, 0.2) is 104 Å². The predicted octanol–water partition coefficient (Wildman–Crippen LogP) is 7.12. The summed E-state index contributed by atoms with van der Waals surface area (Å²) in [5, 5.41) is 10.1. The van der Waals surface area contributed by atoms with Gasteiger partial charge in [0.2, 0.25) is 0 Å². The summed E-state index contributed by atoms with van der Waals surface area (Å²) in [6.45, 7) is 6.72. The van der Waals surface area contributed by atoms with Crippen LogP contribution in [0.2, 0.25) is 0 Å². The van der Waals surface area contributed by atoms with Crippen LogP contribution in [0, 0.1) is 0 Å². The molecule has 0 unspecified atom stereocenters. The van der Waals surface area contributed by atoms with Gasteiger partial charge in [-0.2, -0.15) is 0 Å². The first-order chi connectivity index (χ1) is 19.1. The molecule has 0 bridgehead atoms. The molecule has 1 atom stereocenters. The maximum absolute atomic E-state index is 13.0. The molecule has 4 aromatic rings. The van der Waals surface area contributed by atoms with E-state index in [4.69, 9.17) is 14.6 Å². The molecular weight excluding hydrogens is 488 g/mol. The van der Waals surface area contributed by atoms with Crippen LogP contribution in [0.5, 0.6) is 5.75 Å². The van der Waals surface area contributed by atoms with E-state index in [9.17, 15) is 4.79 Å². The van der Waals surface area contributed by atoms with Gasteiger partial charge in [-0.3, -0.25) is 9.97 Å². The Balaban J connectivity index is 1.67. The van der Waals surface area contributed by atoms with E-state index in [1.807, 2.05) is 48.7 Å². The van der Waals surface area contributed by atoms with Gasteiger partial charge in [-0.05, 0) is 65.9 Å². The van der Waals surface area contributed by atoms with Crippen molar-refractivity contribution in [1.82, 2.24) is 9.97 Å². The third-order valence-corrected chi connectivity index (χ3v) is 6.43. The molecule has 0 aliphatic rings. The minimum Gasteiger partial charge on any atom is -0.491 e. The highest BCUT2D eigenvalue weighted by Crippen LogP contribution is 2.32. The first kappa shape index (κ1) is 27.7. The van der Waals surface area contributed by atoms with Crippen molar-refractivity contribution in [2.24, 2.45) is 0 Å². The topological polar surface area (TPSA) is 81.5 Å². The molecule has 6 nitrogen and oxygen atoms in total. The number of pyridine rings is 2. The number of ether oxygens (including phenoxy) is 2. The minimum atomic E-state index is -0.542. The van der Waals surface area contributed by atoms with Crippen LogP contribution in [0.25, 0.3) is 16.5 Å². The standard InChI is InChI=1S/C33H34N2O4/c1-3-4-7-24(2)30(28-22-27-8-5-6-9-31(27)35-23-28)14-15-32(39-33(37)26-16-18-34-19-17-26)25-10-12-29(13-11-25)38-21-20-36/h5-6,8-14,16-19,22-23,32,36H,2-4,7,15,20-21H2,1H3/b30-14-/t32-/m1/s1. The van der Waals surface area contributed by atoms with E-state index < -0.39 is 12.1 Å². The van der Waals surface area contributed by atoms with Crippen LogP contribution in [0.1, 0.15) is 60.2 Å². The van der Waals surface area contributed by atoms with Gasteiger partial charge in [0.05, 0.1) is 17.7 Å². The molecule has 39 heavy (non-hydrogen) atoms. The van der Waals surface area contributed by atoms with Crippen molar-refractivity contribution in [3.05, 3.63) is 120 Å². The first-order valence-corrected chi connectivity index (χ1v) is 13.3. The highest BCUT2D eigenvalue weighted by Gasteiger charge is 2.19. The summed E-state index contributed by atoms with van der Waals surface area (Å²) in [6.07, 6.45) is 10.0. The van der Waals surface area contributed by atoms with E-state index in [0.717, 1.165) is 52.4 Å². The van der Waals surface area contributed by atoms with Gasteiger partial charge in [0.15, 0.2) is 0 Å². The molecule has 1 N–H and O–H groups in total.